The van der Waals surface area contributed by atoms with Crippen LogP contribution in [0.25, 0.3) is 0 Å². The molecule has 22 valence electrons. The van der Waals surface area contributed by atoms with Crippen LogP contribution >= 0.6 is 0 Å². The maximum Gasteiger partial charge on any atom is 2.00 e. The minimum absolute atomic E-state index is 0. The van der Waals surface area contributed by atoms with Crippen LogP contribution in [-0.2, 0) is 55.3 Å². The maximum atomic E-state index is 0. The molecule has 0 bridgehead atoms. The van der Waals surface area contributed by atoms with E-state index in [9.17, 15) is 0 Å². The molecule has 4 heavy (non-hydrogen) atoms. The number of hydrogen-bond donors (Lipinski definition) is 0. The summed E-state index contributed by atoms with van der Waals surface area (Å²) < 4.78 is 0. The van der Waals surface area contributed by atoms with Gasteiger partial charge >= 0.3 is 48.9 Å². The molecule has 0 aromatic heterocycles. The summed E-state index contributed by atoms with van der Waals surface area (Å²) in [4.78, 5) is 0. The van der Waals surface area contributed by atoms with Crippen LogP contribution in [0.3, 0.4) is 0 Å². The first-order valence-corrected chi connectivity index (χ1v) is 0. The predicted molar refractivity (Wildman–Crippen MR) is 6.44 cm³/mol. The molecule has 2 radical (unpaired) electrons. The zero-order valence-electron chi connectivity index (χ0n) is 1.99. The van der Waals surface area contributed by atoms with E-state index in [1.54, 1.807) is 0 Å². The quantitative estimate of drug-likeness (QED) is 0.540. The Kier molecular flexibility index (Phi) is 112. The molecule has 4 heteroatoms. The van der Waals surface area contributed by atoms with Gasteiger partial charge in [0.15, 0.2) is 0 Å². The van der Waals surface area contributed by atoms with Gasteiger partial charge in [0.2, 0.25) is 0 Å². The molecule has 0 amide bonds. The molecule has 0 aliphatic carbocycles. The Bertz CT molecular complexity index is 8.00. The van der Waals surface area contributed by atoms with Crippen molar-refractivity contribution in [3.8, 4) is 0 Å². The standard InChI is InChI=1S/Ba.Cu.O.Y/q+2;;-2;. The average Bonchev–Trinajstić information content (AvgIpc) is 0. The van der Waals surface area contributed by atoms with Crippen LogP contribution in [0.15, 0.2) is 0 Å². The number of rotatable bonds is 0. The van der Waals surface area contributed by atoms with Crippen molar-refractivity contribution in [3.63, 3.8) is 0 Å². The second-order valence-electron chi connectivity index (χ2n) is 0. The number of hydrogen-bond acceptors (Lipinski definition) is 0. The van der Waals surface area contributed by atoms with Crippen LogP contribution in [0.5, 0.6) is 0 Å². The molecule has 0 aliphatic heterocycles. The second kappa shape index (κ2) is 16.4. The summed E-state index contributed by atoms with van der Waals surface area (Å²) in [6.07, 6.45) is 0. The summed E-state index contributed by atoms with van der Waals surface area (Å²) in [5, 5.41) is 0. The van der Waals surface area contributed by atoms with Crippen molar-refractivity contribution in [1.82, 2.24) is 0 Å². The van der Waals surface area contributed by atoms with Gasteiger partial charge in [-0.05, 0) is 0 Å². The van der Waals surface area contributed by atoms with Crippen molar-refractivity contribution in [1.29, 1.82) is 0 Å². The fourth-order valence-electron chi connectivity index (χ4n) is 0. The first-order chi connectivity index (χ1) is 0. The average molecular weight is 306 g/mol. The fraction of sp³-hybridized carbons (Fsp3) is 0. The van der Waals surface area contributed by atoms with E-state index in [-0.39, 0.29) is 104 Å². The van der Waals surface area contributed by atoms with Crippen molar-refractivity contribution in [2.45, 2.75) is 0 Å². The molecule has 0 fully saturated rings. The zero-order chi connectivity index (χ0) is 0. The Hall–Kier alpha value is 3.15. The zero-order valence-corrected chi connectivity index (χ0v) is 10.2. The minimum Gasteiger partial charge on any atom is -2.00 e. The van der Waals surface area contributed by atoms with Gasteiger partial charge in [0, 0.05) is 49.8 Å². The summed E-state index contributed by atoms with van der Waals surface area (Å²) in [6.45, 7) is 0. The summed E-state index contributed by atoms with van der Waals surface area (Å²) >= 11 is 0. The Morgan fingerprint density at radius 3 is 1.00 bits per heavy atom. The van der Waals surface area contributed by atoms with Crippen molar-refractivity contribution in [3.05, 3.63) is 0 Å². The molecule has 0 rings (SSSR count). The van der Waals surface area contributed by atoms with Crippen molar-refractivity contribution in [2.24, 2.45) is 0 Å². The van der Waals surface area contributed by atoms with E-state index in [2.05, 4.69) is 0 Å². The molecule has 0 atom stereocenters. The van der Waals surface area contributed by atoms with Crippen LogP contribution in [0, 0.1) is 0 Å². The van der Waals surface area contributed by atoms with Crippen molar-refractivity contribution < 1.29 is 55.3 Å². The van der Waals surface area contributed by atoms with Crippen LogP contribution in [0.1, 0.15) is 0 Å². The van der Waals surface area contributed by atoms with E-state index in [1.807, 2.05) is 0 Å². The third-order valence-corrected chi connectivity index (χ3v) is 0. The Labute approximate surface area is 101 Å². The van der Waals surface area contributed by atoms with Gasteiger partial charge in [-0.25, -0.2) is 0 Å². The van der Waals surface area contributed by atoms with Gasteiger partial charge in [-0.3, -0.25) is 0 Å². The maximum absolute atomic E-state index is 0. The molecule has 0 saturated carbocycles. The monoisotopic (exact) mass is 306 g/mol. The first-order valence-electron chi connectivity index (χ1n) is 0. The van der Waals surface area contributed by atoms with Crippen LogP contribution in [0.2, 0.25) is 0 Å². The van der Waals surface area contributed by atoms with Crippen LogP contribution in [-0.4, -0.2) is 48.9 Å². The topological polar surface area (TPSA) is 28.5 Å². The molecule has 0 heterocycles. The Morgan fingerprint density at radius 1 is 1.00 bits per heavy atom. The van der Waals surface area contributed by atoms with Gasteiger partial charge in [0.25, 0.3) is 0 Å². The summed E-state index contributed by atoms with van der Waals surface area (Å²) in [6, 6.07) is 0. The molecule has 0 aromatic rings. The van der Waals surface area contributed by atoms with Crippen LogP contribution < -0.4 is 0 Å². The Balaban J connectivity index is 0. The van der Waals surface area contributed by atoms with Gasteiger partial charge in [-0.1, -0.05) is 0 Å². The van der Waals surface area contributed by atoms with Crippen LogP contribution in [0.4, 0.5) is 0 Å². The SMILES string of the molecule is [Ba+2].[Cu].[O-2].[Y]. The second-order valence-corrected chi connectivity index (χ2v) is 0. The van der Waals surface area contributed by atoms with Gasteiger partial charge < -0.3 is 5.48 Å². The third kappa shape index (κ3) is 8.94. The Morgan fingerprint density at radius 2 is 1.00 bits per heavy atom. The molecule has 0 aliphatic rings. The first kappa shape index (κ1) is 27.2. The van der Waals surface area contributed by atoms with Gasteiger partial charge in [-0.2, -0.15) is 0 Å². The molecule has 1 nitrogen and oxygen atoms in total. The smallest absolute Gasteiger partial charge is 2.00 e. The molecular weight excluding hydrogens is 306 g/mol. The van der Waals surface area contributed by atoms with E-state index in [1.165, 1.54) is 0 Å². The van der Waals surface area contributed by atoms with E-state index in [4.69, 9.17) is 0 Å². The molecule has 0 spiro atoms. The van der Waals surface area contributed by atoms with Gasteiger partial charge in [0.1, 0.15) is 0 Å². The molecular formula is BaCuOY. The molecule has 0 N–H and O–H groups in total. The van der Waals surface area contributed by atoms with Crippen molar-refractivity contribution in [2.75, 3.05) is 0 Å². The van der Waals surface area contributed by atoms with Gasteiger partial charge in [0.05, 0.1) is 0 Å². The summed E-state index contributed by atoms with van der Waals surface area (Å²) in [5.41, 5.74) is 0. The third-order valence-electron chi connectivity index (χ3n) is 0. The molecule has 0 saturated heterocycles. The minimum atomic E-state index is 0. The van der Waals surface area contributed by atoms with Crippen molar-refractivity contribution >= 4 is 48.9 Å². The molecule has 0 unspecified atom stereocenters. The van der Waals surface area contributed by atoms with E-state index in [0.717, 1.165) is 0 Å². The van der Waals surface area contributed by atoms with E-state index >= 15 is 0 Å². The largest absolute Gasteiger partial charge is 2.00 e. The summed E-state index contributed by atoms with van der Waals surface area (Å²) in [5.74, 6) is 0. The van der Waals surface area contributed by atoms with Gasteiger partial charge in [-0.15, -0.1) is 0 Å². The molecule has 0 aromatic carbocycles. The summed E-state index contributed by atoms with van der Waals surface area (Å²) in [7, 11) is 0. The predicted octanol–water partition coefficient (Wildman–Crippen LogP) is -0.505. The van der Waals surface area contributed by atoms with E-state index < -0.39 is 0 Å². The van der Waals surface area contributed by atoms with E-state index in [0.29, 0.717) is 0 Å². The normalized spacial score (nSPS) is 0. The fourth-order valence-corrected chi connectivity index (χ4v) is 0.